The van der Waals surface area contributed by atoms with Crippen molar-refractivity contribution in [2.75, 3.05) is 5.32 Å². The molecule has 128 valence electrons. The number of hydrogen-bond acceptors (Lipinski definition) is 3. The van der Waals surface area contributed by atoms with Gasteiger partial charge in [0.25, 0.3) is 0 Å². The van der Waals surface area contributed by atoms with Crippen LogP contribution in [0.4, 0.5) is 5.95 Å². The number of nitrogens with one attached hydrogen (secondary N) is 2. The first-order chi connectivity index (χ1) is 12.1. The summed E-state index contributed by atoms with van der Waals surface area (Å²) >= 11 is 17.2. The van der Waals surface area contributed by atoms with E-state index in [9.17, 15) is 0 Å². The molecule has 1 heterocycles. The lowest BCUT2D eigenvalue weighted by Crippen LogP contribution is -2.28. The molecule has 0 atom stereocenters. The summed E-state index contributed by atoms with van der Waals surface area (Å²) in [6.07, 6.45) is 1.63. The lowest BCUT2D eigenvalue weighted by Gasteiger charge is -2.07. The first-order valence-corrected chi connectivity index (χ1v) is 8.69. The van der Waals surface area contributed by atoms with Crippen LogP contribution in [0.1, 0.15) is 11.1 Å². The molecule has 3 rings (SSSR count). The number of nitrogens with zero attached hydrogens (tertiary/aromatic N) is 3. The van der Waals surface area contributed by atoms with Crippen LogP contribution in [0.15, 0.2) is 54.9 Å². The van der Waals surface area contributed by atoms with Crippen molar-refractivity contribution in [3.63, 3.8) is 0 Å². The minimum atomic E-state index is 0.436. The Hall–Kier alpha value is -2.15. The maximum absolute atomic E-state index is 6.02. The number of halogens is 2. The molecule has 5 nitrogen and oxygen atoms in total. The van der Waals surface area contributed by atoms with Gasteiger partial charge in [0.15, 0.2) is 5.11 Å². The Labute approximate surface area is 161 Å². The minimum absolute atomic E-state index is 0.436. The Morgan fingerprint density at radius 2 is 1.84 bits per heavy atom. The van der Waals surface area contributed by atoms with E-state index < -0.39 is 0 Å². The first kappa shape index (κ1) is 17.7. The lowest BCUT2D eigenvalue weighted by atomic mass is 10.2. The highest BCUT2D eigenvalue weighted by atomic mass is 35.5. The molecule has 0 aliphatic heterocycles. The average Bonchev–Trinajstić information content (AvgIpc) is 3.04. The van der Waals surface area contributed by atoms with Crippen molar-refractivity contribution in [1.29, 1.82) is 0 Å². The summed E-state index contributed by atoms with van der Waals surface area (Å²) in [6.45, 7) is 1.17. The summed E-state index contributed by atoms with van der Waals surface area (Å²) in [7, 11) is 0. The van der Waals surface area contributed by atoms with Crippen LogP contribution in [-0.4, -0.2) is 19.9 Å². The third-order valence-corrected chi connectivity index (χ3v) is 4.37. The predicted octanol–water partition coefficient (Wildman–Crippen LogP) is 4.12. The first-order valence-electron chi connectivity index (χ1n) is 7.52. The van der Waals surface area contributed by atoms with Crippen LogP contribution in [0.3, 0.4) is 0 Å². The predicted molar refractivity (Wildman–Crippen MR) is 105 cm³/mol. The molecule has 2 aromatic carbocycles. The van der Waals surface area contributed by atoms with Crippen LogP contribution < -0.4 is 10.6 Å². The second-order valence-corrected chi connectivity index (χ2v) is 6.53. The summed E-state index contributed by atoms with van der Waals surface area (Å²) in [6, 6.07) is 15.5. The Morgan fingerprint density at radius 3 is 2.60 bits per heavy atom. The third kappa shape index (κ3) is 5.16. The number of hydrogen-bond donors (Lipinski definition) is 2. The van der Waals surface area contributed by atoms with Crippen LogP contribution in [-0.2, 0) is 13.1 Å². The van der Waals surface area contributed by atoms with Crippen molar-refractivity contribution in [1.82, 2.24) is 20.1 Å². The van der Waals surface area contributed by atoms with Gasteiger partial charge in [0.05, 0.1) is 16.6 Å². The normalized spacial score (nSPS) is 10.5. The van der Waals surface area contributed by atoms with E-state index in [1.165, 1.54) is 0 Å². The maximum atomic E-state index is 6.02. The maximum Gasteiger partial charge on any atom is 0.248 e. The highest BCUT2D eigenvalue weighted by molar-refractivity contribution is 7.80. The van der Waals surface area contributed by atoms with Crippen LogP contribution in [0.2, 0.25) is 10.0 Å². The van der Waals surface area contributed by atoms with E-state index in [0.29, 0.717) is 34.2 Å². The molecule has 0 fully saturated rings. The van der Waals surface area contributed by atoms with Crippen LogP contribution in [0.5, 0.6) is 0 Å². The van der Waals surface area contributed by atoms with Gasteiger partial charge in [0.1, 0.15) is 6.33 Å². The molecule has 3 aromatic rings. The third-order valence-electron chi connectivity index (χ3n) is 3.39. The monoisotopic (exact) mass is 391 g/mol. The summed E-state index contributed by atoms with van der Waals surface area (Å²) < 4.78 is 1.70. The minimum Gasteiger partial charge on any atom is -0.358 e. The molecule has 25 heavy (non-hydrogen) atoms. The molecule has 1 aromatic heterocycles. The second-order valence-electron chi connectivity index (χ2n) is 5.31. The van der Waals surface area contributed by atoms with Gasteiger partial charge in [-0.3, -0.25) is 5.32 Å². The summed E-state index contributed by atoms with van der Waals surface area (Å²) in [4.78, 5) is 4.20. The summed E-state index contributed by atoms with van der Waals surface area (Å²) in [5.74, 6) is 0.436. The van der Waals surface area contributed by atoms with E-state index in [0.717, 1.165) is 11.1 Å². The molecule has 0 spiro atoms. The topological polar surface area (TPSA) is 54.8 Å². The van der Waals surface area contributed by atoms with Gasteiger partial charge in [0, 0.05) is 6.54 Å². The van der Waals surface area contributed by atoms with Crippen LogP contribution in [0, 0.1) is 0 Å². The van der Waals surface area contributed by atoms with Gasteiger partial charge < -0.3 is 5.32 Å². The molecule has 0 aliphatic rings. The van der Waals surface area contributed by atoms with Gasteiger partial charge in [-0.05, 0) is 35.5 Å². The molecule has 8 heteroatoms. The molecule has 0 amide bonds. The van der Waals surface area contributed by atoms with Crippen molar-refractivity contribution in [3.8, 4) is 0 Å². The van der Waals surface area contributed by atoms with Crippen molar-refractivity contribution < 1.29 is 0 Å². The molecule has 0 radical (unpaired) electrons. The van der Waals surface area contributed by atoms with Crippen molar-refractivity contribution in [3.05, 3.63) is 76.0 Å². The molecular formula is C17H15Cl2N5S. The highest BCUT2D eigenvalue weighted by Crippen LogP contribution is 2.22. The summed E-state index contributed by atoms with van der Waals surface area (Å²) in [5.41, 5.74) is 2.13. The number of aromatic nitrogens is 3. The Kier molecular flexibility index (Phi) is 5.86. The average molecular weight is 392 g/mol. The number of benzene rings is 2. The lowest BCUT2D eigenvalue weighted by molar-refractivity contribution is 0.687. The van der Waals surface area contributed by atoms with Crippen molar-refractivity contribution >= 4 is 46.5 Å². The molecule has 2 N–H and O–H groups in total. The van der Waals surface area contributed by atoms with E-state index in [1.54, 1.807) is 17.1 Å². The van der Waals surface area contributed by atoms with Gasteiger partial charge in [-0.2, -0.15) is 0 Å². The SMILES string of the molecule is S=C(NCc1ccccc1)Nc1ncn(Cc2ccc(Cl)c(Cl)c2)n1. The quantitative estimate of drug-likeness (QED) is 0.640. The Balaban J connectivity index is 1.54. The van der Waals surface area contributed by atoms with E-state index in [2.05, 4.69) is 20.7 Å². The molecule has 0 aliphatic carbocycles. The Morgan fingerprint density at radius 1 is 1.04 bits per heavy atom. The largest absolute Gasteiger partial charge is 0.358 e. The van der Waals surface area contributed by atoms with Gasteiger partial charge in [-0.25, -0.2) is 9.67 Å². The molecular weight excluding hydrogens is 377 g/mol. The van der Waals surface area contributed by atoms with E-state index in [-0.39, 0.29) is 0 Å². The zero-order valence-corrected chi connectivity index (χ0v) is 15.4. The standard InChI is InChI=1S/C17H15Cl2N5S/c18-14-7-6-13(8-15(14)19)10-24-11-21-16(23-24)22-17(25)20-9-12-4-2-1-3-5-12/h1-8,11H,9-10H2,(H2,20,22,23,25). The highest BCUT2D eigenvalue weighted by Gasteiger charge is 2.05. The smallest absolute Gasteiger partial charge is 0.248 e. The second kappa shape index (κ2) is 8.29. The molecule has 0 saturated carbocycles. The summed E-state index contributed by atoms with van der Waals surface area (Å²) in [5, 5.41) is 11.9. The fourth-order valence-electron chi connectivity index (χ4n) is 2.18. The molecule has 0 unspecified atom stereocenters. The van der Waals surface area contributed by atoms with E-state index in [4.69, 9.17) is 35.4 Å². The van der Waals surface area contributed by atoms with Crippen LogP contribution in [0.25, 0.3) is 0 Å². The van der Waals surface area contributed by atoms with Gasteiger partial charge in [0.2, 0.25) is 5.95 Å². The fraction of sp³-hybridized carbons (Fsp3) is 0.118. The molecule has 0 bridgehead atoms. The van der Waals surface area contributed by atoms with Gasteiger partial charge in [-0.1, -0.05) is 59.6 Å². The zero-order chi connectivity index (χ0) is 17.6. The van der Waals surface area contributed by atoms with Crippen molar-refractivity contribution in [2.45, 2.75) is 13.1 Å². The fourth-order valence-corrected chi connectivity index (χ4v) is 2.66. The van der Waals surface area contributed by atoms with Gasteiger partial charge in [-0.15, -0.1) is 5.10 Å². The number of thiocarbonyl (C=S) groups is 1. The Bertz CT molecular complexity index is 866. The number of anilines is 1. The molecule has 0 saturated heterocycles. The van der Waals surface area contributed by atoms with Gasteiger partial charge >= 0.3 is 0 Å². The van der Waals surface area contributed by atoms with E-state index >= 15 is 0 Å². The zero-order valence-electron chi connectivity index (χ0n) is 13.1. The van der Waals surface area contributed by atoms with E-state index in [1.807, 2.05) is 42.5 Å². The number of rotatable bonds is 5. The van der Waals surface area contributed by atoms with Crippen LogP contribution >= 0.6 is 35.4 Å². The van der Waals surface area contributed by atoms with Crippen molar-refractivity contribution in [2.24, 2.45) is 0 Å².